The van der Waals surface area contributed by atoms with Crippen LogP contribution in [-0.2, 0) is 0 Å². The first-order valence-electron chi connectivity index (χ1n) is 6.50. The second-order valence-corrected chi connectivity index (χ2v) is 4.79. The molecule has 2 aromatic carbocycles. The van der Waals surface area contributed by atoms with Gasteiger partial charge in [-0.3, -0.25) is 4.99 Å². The summed E-state index contributed by atoms with van der Waals surface area (Å²) in [5.41, 5.74) is 2.44. The number of hydrogen-bond donors (Lipinski definition) is 0. The van der Waals surface area contributed by atoms with Gasteiger partial charge in [0.2, 0.25) is 0 Å². The van der Waals surface area contributed by atoms with Crippen molar-refractivity contribution < 1.29 is 0 Å². The standard InChI is InChI=1S/C17H20N2/c1-14(19(2)3)18-17(15-10-6-4-7-11-15)16-12-8-5-9-13-16/h4-13,17H,1-3H3/b18-14+. The highest BCUT2D eigenvalue weighted by Crippen LogP contribution is 2.26. The van der Waals surface area contributed by atoms with Crippen molar-refractivity contribution in [1.82, 2.24) is 4.90 Å². The summed E-state index contributed by atoms with van der Waals surface area (Å²) >= 11 is 0. The summed E-state index contributed by atoms with van der Waals surface area (Å²) in [6, 6.07) is 20.9. The van der Waals surface area contributed by atoms with E-state index in [4.69, 9.17) is 4.99 Å². The van der Waals surface area contributed by atoms with Gasteiger partial charge in [-0.1, -0.05) is 60.7 Å². The van der Waals surface area contributed by atoms with Gasteiger partial charge in [0, 0.05) is 14.1 Å². The average molecular weight is 252 g/mol. The largest absolute Gasteiger partial charge is 0.367 e. The van der Waals surface area contributed by atoms with Crippen LogP contribution >= 0.6 is 0 Å². The number of nitrogens with zero attached hydrogens (tertiary/aromatic N) is 2. The molecule has 19 heavy (non-hydrogen) atoms. The predicted octanol–water partition coefficient (Wildman–Crippen LogP) is 3.76. The van der Waals surface area contributed by atoms with Crippen molar-refractivity contribution >= 4 is 5.84 Å². The van der Waals surface area contributed by atoms with E-state index in [0.717, 1.165) is 5.84 Å². The van der Waals surface area contributed by atoms with Crippen molar-refractivity contribution in [3.05, 3.63) is 71.8 Å². The minimum absolute atomic E-state index is 0.0600. The molecule has 0 aliphatic rings. The number of aliphatic imine (C=N–C) groups is 1. The molecule has 0 saturated carbocycles. The third-order valence-electron chi connectivity index (χ3n) is 3.19. The molecule has 0 aliphatic heterocycles. The topological polar surface area (TPSA) is 15.6 Å². The van der Waals surface area contributed by atoms with E-state index in [2.05, 4.69) is 48.5 Å². The Morgan fingerprint density at radius 1 is 0.842 bits per heavy atom. The zero-order chi connectivity index (χ0) is 13.7. The van der Waals surface area contributed by atoms with Crippen LogP contribution < -0.4 is 0 Å². The minimum Gasteiger partial charge on any atom is -0.367 e. The first-order chi connectivity index (χ1) is 9.18. The SMILES string of the molecule is C/C(=N\C(c1ccccc1)c1ccccc1)N(C)C. The van der Waals surface area contributed by atoms with E-state index in [9.17, 15) is 0 Å². The lowest BCUT2D eigenvalue weighted by atomic mass is 9.99. The van der Waals surface area contributed by atoms with Gasteiger partial charge < -0.3 is 4.90 Å². The zero-order valence-corrected chi connectivity index (χ0v) is 11.7. The Morgan fingerprint density at radius 2 is 1.26 bits per heavy atom. The van der Waals surface area contributed by atoms with Gasteiger partial charge in [-0.15, -0.1) is 0 Å². The molecule has 0 radical (unpaired) electrons. The van der Waals surface area contributed by atoms with E-state index in [0.29, 0.717) is 0 Å². The fourth-order valence-electron chi connectivity index (χ4n) is 1.91. The van der Waals surface area contributed by atoms with Crippen molar-refractivity contribution in [3.63, 3.8) is 0 Å². The Bertz CT molecular complexity index is 490. The van der Waals surface area contributed by atoms with Crippen molar-refractivity contribution in [3.8, 4) is 0 Å². The van der Waals surface area contributed by atoms with Crippen molar-refractivity contribution in [2.75, 3.05) is 14.1 Å². The van der Waals surface area contributed by atoms with Gasteiger partial charge in [0.1, 0.15) is 6.04 Å². The zero-order valence-electron chi connectivity index (χ0n) is 11.7. The first-order valence-corrected chi connectivity index (χ1v) is 6.50. The van der Waals surface area contributed by atoms with Crippen LogP contribution in [0.25, 0.3) is 0 Å². The van der Waals surface area contributed by atoms with Gasteiger partial charge in [0.25, 0.3) is 0 Å². The lowest BCUT2D eigenvalue weighted by Gasteiger charge is -2.18. The molecule has 0 atom stereocenters. The number of hydrogen-bond acceptors (Lipinski definition) is 1. The summed E-state index contributed by atoms with van der Waals surface area (Å²) in [5, 5.41) is 0. The molecule has 2 heteroatoms. The van der Waals surface area contributed by atoms with E-state index in [1.807, 2.05) is 38.1 Å². The molecule has 0 spiro atoms. The fourth-order valence-corrected chi connectivity index (χ4v) is 1.91. The number of amidine groups is 1. The number of rotatable bonds is 3. The Hall–Kier alpha value is -2.09. The molecule has 2 aromatic rings. The van der Waals surface area contributed by atoms with Crippen LogP contribution in [0.1, 0.15) is 24.1 Å². The fraction of sp³-hybridized carbons (Fsp3) is 0.235. The molecule has 0 aromatic heterocycles. The van der Waals surface area contributed by atoms with E-state index in [-0.39, 0.29) is 6.04 Å². The van der Waals surface area contributed by atoms with E-state index < -0.39 is 0 Å². The Balaban J connectivity index is 2.43. The van der Waals surface area contributed by atoms with Crippen LogP contribution in [-0.4, -0.2) is 24.8 Å². The van der Waals surface area contributed by atoms with Gasteiger partial charge in [-0.2, -0.15) is 0 Å². The molecule has 0 fully saturated rings. The minimum atomic E-state index is 0.0600. The van der Waals surface area contributed by atoms with Crippen LogP contribution in [0.5, 0.6) is 0 Å². The molecule has 0 aliphatic carbocycles. The third-order valence-corrected chi connectivity index (χ3v) is 3.19. The molecule has 0 heterocycles. The average Bonchev–Trinajstić information content (AvgIpc) is 2.46. The van der Waals surface area contributed by atoms with Crippen LogP contribution in [0.4, 0.5) is 0 Å². The third kappa shape index (κ3) is 3.44. The summed E-state index contributed by atoms with van der Waals surface area (Å²) in [5.74, 6) is 1.03. The summed E-state index contributed by atoms with van der Waals surface area (Å²) in [6.07, 6.45) is 0. The van der Waals surface area contributed by atoms with Crippen molar-refractivity contribution in [1.29, 1.82) is 0 Å². The van der Waals surface area contributed by atoms with Crippen LogP contribution in [0.2, 0.25) is 0 Å². The Kier molecular flexibility index (Phi) is 4.35. The van der Waals surface area contributed by atoms with Gasteiger partial charge in [0.15, 0.2) is 0 Å². The second-order valence-electron chi connectivity index (χ2n) is 4.79. The normalized spacial score (nSPS) is 11.7. The molecule has 0 amide bonds. The molecule has 98 valence electrons. The van der Waals surface area contributed by atoms with E-state index >= 15 is 0 Å². The predicted molar refractivity (Wildman–Crippen MR) is 81.5 cm³/mol. The van der Waals surface area contributed by atoms with Gasteiger partial charge in [0.05, 0.1) is 5.84 Å². The van der Waals surface area contributed by atoms with Crippen molar-refractivity contribution in [2.45, 2.75) is 13.0 Å². The summed E-state index contributed by atoms with van der Waals surface area (Å²) in [7, 11) is 4.04. The van der Waals surface area contributed by atoms with Crippen molar-refractivity contribution in [2.24, 2.45) is 4.99 Å². The Morgan fingerprint density at radius 3 is 1.63 bits per heavy atom. The molecular weight excluding hydrogens is 232 g/mol. The highest BCUT2D eigenvalue weighted by Gasteiger charge is 2.12. The number of benzene rings is 2. The maximum absolute atomic E-state index is 4.86. The maximum atomic E-state index is 4.86. The smallest absolute Gasteiger partial charge is 0.102 e. The summed E-state index contributed by atoms with van der Waals surface area (Å²) in [6.45, 7) is 2.04. The van der Waals surface area contributed by atoms with E-state index in [1.165, 1.54) is 11.1 Å². The molecule has 0 bridgehead atoms. The molecule has 0 saturated heterocycles. The molecule has 2 rings (SSSR count). The quantitative estimate of drug-likeness (QED) is 0.600. The first kappa shape index (κ1) is 13.3. The Labute approximate surface area is 115 Å². The lowest BCUT2D eigenvalue weighted by molar-refractivity contribution is 0.608. The summed E-state index contributed by atoms with van der Waals surface area (Å²) in [4.78, 5) is 6.90. The maximum Gasteiger partial charge on any atom is 0.102 e. The van der Waals surface area contributed by atoms with Crippen LogP contribution in [0, 0.1) is 0 Å². The second kappa shape index (κ2) is 6.19. The van der Waals surface area contributed by atoms with Gasteiger partial charge in [-0.05, 0) is 18.1 Å². The van der Waals surface area contributed by atoms with E-state index in [1.54, 1.807) is 0 Å². The highest BCUT2D eigenvalue weighted by molar-refractivity contribution is 5.79. The molecule has 0 unspecified atom stereocenters. The van der Waals surface area contributed by atoms with Gasteiger partial charge >= 0.3 is 0 Å². The lowest BCUT2D eigenvalue weighted by Crippen LogP contribution is -2.19. The molecule has 0 N–H and O–H groups in total. The van der Waals surface area contributed by atoms with Gasteiger partial charge in [-0.25, -0.2) is 0 Å². The van der Waals surface area contributed by atoms with Crippen LogP contribution in [0.15, 0.2) is 65.7 Å². The monoisotopic (exact) mass is 252 g/mol. The molecule has 2 nitrogen and oxygen atoms in total. The molecular formula is C17H20N2. The summed E-state index contributed by atoms with van der Waals surface area (Å²) < 4.78 is 0. The van der Waals surface area contributed by atoms with Crippen LogP contribution in [0.3, 0.4) is 0 Å². The highest BCUT2D eigenvalue weighted by atomic mass is 15.1.